The first-order valence-corrected chi connectivity index (χ1v) is 11.9. The average molecular weight is 429 g/mol. The molecule has 0 radical (unpaired) electrons. The second-order valence-corrected chi connectivity index (χ2v) is 8.92. The number of H-pyrrole nitrogens is 1. The Morgan fingerprint density at radius 1 is 0.758 bits per heavy atom. The second-order valence-electron chi connectivity index (χ2n) is 8.92. The zero-order valence-electron chi connectivity index (χ0n) is 19.4. The smallest absolute Gasteiger partial charge is 0.0576 e. The van der Waals surface area contributed by atoms with Crippen LogP contribution in [0.5, 0.6) is 0 Å². The lowest BCUT2D eigenvalue weighted by Gasteiger charge is -2.15. The summed E-state index contributed by atoms with van der Waals surface area (Å²) in [6.45, 7) is 6.70. The van der Waals surface area contributed by atoms with Gasteiger partial charge in [-0.25, -0.2) is 0 Å². The number of aromatic amines is 1. The fourth-order valence-electron chi connectivity index (χ4n) is 5.47. The van der Waals surface area contributed by atoms with Crippen LogP contribution >= 0.6 is 0 Å². The summed E-state index contributed by atoms with van der Waals surface area (Å²) in [5, 5.41) is 3.95. The molecule has 0 spiro atoms. The standard InChI is InChI=1S/C31H28N2/c1-4-21-11-9-10-14-24(21)31-23(5-2)29-28(33(31)22-12-7-6-8-13-22)18-16-25-26-19-20(3)15-17-27(26)32-30(25)29/h6-19,32H,4-5H2,1-3H3. The van der Waals surface area contributed by atoms with Gasteiger partial charge < -0.3 is 9.55 Å². The van der Waals surface area contributed by atoms with Gasteiger partial charge in [-0.2, -0.15) is 0 Å². The number of hydrogen-bond donors (Lipinski definition) is 1. The summed E-state index contributed by atoms with van der Waals surface area (Å²) >= 11 is 0. The molecule has 0 unspecified atom stereocenters. The Morgan fingerprint density at radius 2 is 1.55 bits per heavy atom. The third kappa shape index (κ3) is 2.94. The molecule has 0 saturated carbocycles. The van der Waals surface area contributed by atoms with E-state index in [-0.39, 0.29) is 0 Å². The van der Waals surface area contributed by atoms with Crippen molar-refractivity contribution in [3.63, 3.8) is 0 Å². The number of aromatic nitrogens is 2. The van der Waals surface area contributed by atoms with Crippen LogP contribution in [0.25, 0.3) is 49.7 Å². The maximum absolute atomic E-state index is 3.78. The lowest BCUT2D eigenvalue weighted by atomic mass is 9.97. The molecule has 2 nitrogen and oxygen atoms in total. The van der Waals surface area contributed by atoms with Crippen molar-refractivity contribution in [1.82, 2.24) is 9.55 Å². The summed E-state index contributed by atoms with van der Waals surface area (Å²) in [7, 11) is 0. The topological polar surface area (TPSA) is 20.7 Å². The van der Waals surface area contributed by atoms with Crippen LogP contribution in [0.3, 0.4) is 0 Å². The Bertz CT molecular complexity index is 1630. The molecule has 0 saturated heterocycles. The van der Waals surface area contributed by atoms with Crippen LogP contribution in [0.2, 0.25) is 0 Å². The molecular formula is C31H28N2. The van der Waals surface area contributed by atoms with Gasteiger partial charge in [0.05, 0.1) is 16.7 Å². The van der Waals surface area contributed by atoms with Crippen molar-refractivity contribution >= 4 is 32.7 Å². The van der Waals surface area contributed by atoms with E-state index in [9.17, 15) is 0 Å². The predicted molar refractivity (Wildman–Crippen MR) is 142 cm³/mol. The molecule has 2 aromatic heterocycles. The van der Waals surface area contributed by atoms with Crippen LogP contribution in [0.15, 0.2) is 84.9 Å². The van der Waals surface area contributed by atoms with Crippen molar-refractivity contribution in [2.75, 3.05) is 0 Å². The van der Waals surface area contributed by atoms with E-state index in [4.69, 9.17) is 0 Å². The zero-order chi connectivity index (χ0) is 22.5. The fourth-order valence-corrected chi connectivity index (χ4v) is 5.47. The second kappa shape index (κ2) is 7.67. The first kappa shape index (κ1) is 19.9. The highest BCUT2D eigenvalue weighted by atomic mass is 15.0. The van der Waals surface area contributed by atoms with Crippen LogP contribution in [0.1, 0.15) is 30.5 Å². The highest BCUT2D eigenvalue weighted by Gasteiger charge is 2.23. The van der Waals surface area contributed by atoms with Crippen LogP contribution in [-0.2, 0) is 12.8 Å². The zero-order valence-corrected chi connectivity index (χ0v) is 19.4. The predicted octanol–water partition coefficient (Wildman–Crippen LogP) is 8.37. The van der Waals surface area contributed by atoms with Gasteiger partial charge in [-0.15, -0.1) is 0 Å². The molecule has 0 atom stereocenters. The van der Waals surface area contributed by atoms with Gasteiger partial charge in [-0.05, 0) is 61.2 Å². The number of rotatable bonds is 4. The minimum Gasteiger partial charge on any atom is -0.354 e. The molecule has 4 aromatic carbocycles. The van der Waals surface area contributed by atoms with Crippen LogP contribution in [-0.4, -0.2) is 9.55 Å². The largest absolute Gasteiger partial charge is 0.354 e. The van der Waals surface area contributed by atoms with Crippen molar-refractivity contribution in [3.05, 3.63) is 102 Å². The summed E-state index contributed by atoms with van der Waals surface area (Å²) in [5.74, 6) is 0. The quantitative estimate of drug-likeness (QED) is 0.291. The van der Waals surface area contributed by atoms with Gasteiger partial charge in [-0.3, -0.25) is 0 Å². The van der Waals surface area contributed by atoms with Gasteiger partial charge in [0.1, 0.15) is 0 Å². The maximum atomic E-state index is 3.78. The minimum atomic E-state index is 0.969. The molecule has 6 rings (SSSR count). The molecule has 0 aliphatic carbocycles. The molecule has 0 bridgehead atoms. The number of benzene rings is 4. The van der Waals surface area contributed by atoms with E-state index >= 15 is 0 Å². The summed E-state index contributed by atoms with van der Waals surface area (Å²) in [6.07, 6.45) is 1.98. The minimum absolute atomic E-state index is 0.969. The molecule has 33 heavy (non-hydrogen) atoms. The molecule has 0 amide bonds. The van der Waals surface area contributed by atoms with E-state index in [0.29, 0.717) is 0 Å². The molecule has 2 heterocycles. The maximum Gasteiger partial charge on any atom is 0.0576 e. The van der Waals surface area contributed by atoms with Gasteiger partial charge >= 0.3 is 0 Å². The first-order chi connectivity index (χ1) is 16.2. The monoisotopic (exact) mass is 428 g/mol. The highest BCUT2D eigenvalue weighted by Crippen LogP contribution is 2.42. The summed E-state index contributed by atoms with van der Waals surface area (Å²) < 4.78 is 2.47. The molecule has 0 aliphatic rings. The number of nitrogens with zero attached hydrogens (tertiary/aromatic N) is 1. The number of hydrogen-bond acceptors (Lipinski definition) is 0. The Balaban J connectivity index is 1.83. The molecule has 0 aliphatic heterocycles. The Labute approximate surface area is 194 Å². The van der Waals surface area contributed by atoms with Crippen molar-refractivity contribution < 1.29 is 0 Å². The van der Waals surface area contributed by atoms with Crippen molar-refractivity contribution in [1.29, 1.82) is 0 Å². The van der Waals surface area contributed by atoms with Gasteiger partial charge in [0.15, 0.2) is 0 Å². The lowest BCUT2D eigenvalue weighted by Crippen LogP contribution is -2.00. The van der Waals surface area contributed by atoms with E-state index in [1.165, 1.54) is 66.3 Å². The normalized spacial score (nSPS) is 11.7. The molecule has 0 fully saturated rings. The lowest BCUT2D eigenvalue weighted by molar-refractivity contribution is 1.07. The summed E-state index contributed by atoms with van der Waals surface area (Å²) in [6, 6.07) is 31.0. The Morgan fingerprint density at radius 3 is 2.33 bits per heavy atom. The summed E-state index contributed by atoms with van der Waals surface area (Å²) in [5.41, 5.74) is 11.6. The number of para-hydroxylation sites is 1. The van der Waals surface area contributed by atoms with Crippen LogP contribution in [0.4, 0.5) is 0 Å². The van der Waals surface area contributed by atoms with E-state index in [1.807, 2.05) is 0 Å². The SMILES string of the molecule is CCc1ccccc1-c1c(CC)c2c3[nH]c4ccc(C)cc4c3ccc2n1-c1ccccc1. The van der Waals surface area contributed by atoms with Gasteiger partial charge in [0, 0.05) is 32.9 Å². The van der Waals surface area contributed by atoms with Crippen molar-refractivity contribution in [2.45, 2.75) is 33.6 Å². The first-order valence-electron chi connectivity index (χ1n) is 11.9. The Hall–Kier alpha value is -3.78. The fraction of sp³-hybridized carbons (Fsp3) is 0.161. The van der Waals surface area contributed by atoms with E-state index in [0.717, 1.165) is 12.8 Å². The molecule has 2 heteroatoms. The molecule has 1 N–H and O–H groups in total. The number of nitrogens with one attached hydrogen (secondary N) is 1. The van der Waals surface area contributed by atoms with Crippen LogP contribution in [0, 0.1) is 6.92 Å². The van der Waals surface area contributed by atoms with Crippen molar-refractivity contribution in [3.8, 4) is 16.9 Å². The van der Waals surface area contributed by atoms with Crippen LogP contribution < -0.4 is 0 Å². The van der Waals surface area contributed by atoms with Gasteiger partial charge in [0.2, 0.25) is 0 Å². The van der Waals surface area contributed by atoms with E-state index < -0.39 is 0 Å². The van der Waals surface area contributed by atoms with Crippen molar-refractivity contribution in [2.24, 2.45) is 0 Å². The Kier molecular flexibility index (Phi) is 4.62. The number of fused-ring (bicyclic) bond motifs is 5. The average Bonchev–Trinajstić information content (AvgIpc) is 3.39. The third-order valence-corrected chi connectivity index (χ3v) is 6.98. The van der Waals surface area contributed by atoms with Gasteiger partial charge in [0.25, 0.3) is 0 Å². The highest BCUT2D eigenvalue weighted by molar-refractivity contribution is 6.19. The van der Waals surface area contributed by atoms with Gasteiger partial charge in [-0.1, -0.05) is 74.0 Å². The van der Waals surface area contributed by atoms with E-state index in [1.54, 1.807) is 0 Å². The summed E-state index contributed by atoms with van der Waals surface area (Å²) in [4.78, 5) is 3.78. The van der Waals surface area contributed by atoms with E-state index in [2.05, 4.69) is 115 Å². The number of aryl methyl sites for hydroxylation is 3. The molecule has 162 valence electrons. The molecule has 6 aromatic rings. The third-order valence-electron chi connectivity index (χ3n) is 6.98. The molecular weight excluding hydrogens is 400 g/mol.